The van der Waals surface area contributed by atoms with Crippen molar-refractivity contribution in [3.63, 3.8) is 0 Å². The average molecular weight is 447 g/mol. The van der Waals surface area contributed by atoms with Gasteiger partial charge in [-0.3, -0.25) is 4.79 Å². The molecule has 2 bridgehead atoms. The molecule has 2 atom stereocenters. The number of halogens is 2. The van der Waals surface area contributed by atoms with Crippen molar-refractivity contribution in [3.05, 3.63) is 111 Å². The minimum Gasteiger partial charge on any atom is -0.356 e. The number of carbonyl (C=O) groups is 1. The summed E-state index contributed by atoms with van der Waals surface area (Å²) in [6, 6.07) is 13.7. The molecule has 5 N–H and O–H groups in total. The largest absolute Gasteiger partial charge is 0.356 e. The molecule has 2 heterocycles. The maximum absolute atomic E-state index is 14.3. The molecule has 3 aromatic carbocycles. The molecule has 5 nitrogen and oxygen atoms in total. The molecule has 0 aliphatic carbocycles. The molecule has 0 unspecified atom stereocenters. The first-order valence-corrected chi connectivity index (χ1v) is 10.6. The minimum absolute atomic E-state index is 0.142. The normalized spacial score (nSPS) is 17.8. The highest BCUT2D eigenvalue weighted by atomic mass is 19.1. The Bertz CT molecular complexity index is 1300. The summed E-state index contributed by atoms with van der Waals surface area (Å²) < 4.78 is 34.8. The molecular formula is C26H23F2N3O2. The van der Waals surface area contributed by atoms with Crippen molar-refractivity contribution in [2.24, 2.45) is 11.5 Å². The number of amides is 1. The van der Waals surface area contributed by atoms with E-state index in [1.54, 1.807) is 12.1 Å². The van der Waals surface area contributed by atoms with Crippen LogP contribution in [0.1, 0.15) is 74.6 Å². The van der Waals surface area contributed by atoms with Gasteiger partial charge in [0.05, 0.1) is 6.17 Å². The van der Waals surface area contributed by atoms with Crippen LogP contribution in [0.5, 0.6) is 0 Å². The summed E-state index contributed by atoms with van der Waals surface area (Å²) in [5, 5.41) is 2.59. The third-order valence-corrected chi connectivity index (χ3v) is 6.30. The van der Waals surface area contributed by atoms with E-state index >= 15 is 0 Å². The number of carbonyl (C=O) groups excluding carboxylic acids is 1. The van der Waals surface area contributed by atoms with Gasteiger partial charge in [-0.2, -0.15) is 0 Å². The second kappa shape index (κ2) is 7.88. The van der Waals surface area contributed by atoms with Gasteiger partial charge in [-0.15, -0.1) is 0 Å². The molecule has 0 aromatic heterocycles. The highest BCUT2D eigenvalue weighted by Gasteiger charge is 2.43. The van der Waals surface area contributed by atoms with Crippen LogP contribution in [-0.4, -0.2) is 5.91 Å². The van der Waals surface area contributed by atoms with Gasteiger partial charge in [0, 0.05) is 17.7 Å². The highest BCUT2D eigenvalue weighted by Crippen LogP contribution is 2.54. The summed E-state index contributed by atoms with van der Waals surface area (Å²) in [7, 11) is 0. The number of allylic oxidation sites excluding steroid dienone is 1. The van der Waals surface area contributed by atoms with E-state index in [1.165, 1.54) is 0 Å². The second-order valence-corrected chi connectivity index (χ2v) is 8.54. The average Bonchev–Trinajstić information content (AvgIpc) is 3.34. The van der Waals surface area contributed by atoms with Crippen molar-refractivity contribution in [2.45, 2.75) is 31.8 Å². The summed E-state index contributed by atoms with van der Waals surface area (Å²) in [4.78, 5) is 12.8. The Morgan fingerprint density at radius 1 is 0.970 bits per heavy atom. The van der Waals surface area contributed by atoms with Gasteiger partial charge in [-0.25, -0.2) is 8.78 Å². The van der Waals surface area contributed by atoms with Crippen LogP contribution in [0.3, 0.4) is 0 Å². The number of hydrogen-bond donors (Lipinski definition) is 3. The van der Waals surface area contributed by atoms with Crippen molar-refractivity contribution in [1.82, 2.24) is 5.32 Å². The molecule has 1 amide bonds. The van der Waals surface area contributed by atoms with Crippen LogP contribution in [0, 0.1) is 11.6 Å². The molecule has 2 aliphatic rings. The lowest BCUT2D eigenvalue weighted by atomic mass is 9.84. The van der Waals surface area contributed by atoms with E-state index in [0.29, 0.717) is 5.56 Å². The molecule has 0 fully saturated rings. The van der Waals surface area contributed by atoms with Crippen LogP contribution in [0.25, 0.3) is 5.57 Å². The van der Waals surface area contributed by atoms with Gasteiger partial charge in [0.1, 0.15) is 23.8 Å². The number of nitrogens with two attached hydrogens (primary N) is 2. The predicted octanol–water partition coefficient (Wildman–Crippen LogP) is 4.37. The summed E-state index contributed by atoms with van der Waals surface area (Å²) in [6.07, 6.45) is -1.40. The lowest BCUT2D eigenvalue weighted by molar-refractivity contribution is 0.0857. The monoisotopic (exact) mass is 447 g/mol. The van der Waals surface area contributed by atoms with E-state index in [4.69, 9.17) is 16.2 Å². The van der Waals surface area contributed by atoms with Gasteiger partial charge in [0.15, 0.2) is 0 Å². The summed E-state index contributed by atoms with van der Waals surface area (Å²) in [5.74, 6) is -2.05. The van der Waals surface area contributed by atoms with Gasteiger partial charge in [-0.05, 0) is 70.6 Å². The molecule has 168 valence electrons. The molecule has 0 spiro atoms. The molecule has 0 radical (unpaired) electrons. The highest BCUT2D eigenvalue weighted by molar-refractivity contribution is 5.94. The fourth-order valence-electron chi connectivity index (χ4n) is 4.51. The Balaban J connectivity index is 1.37. The fraction of sp³-hybridized carbons (Fsp3) is 0.192. The Hall–Kier alpha value is -3.39. The first kappa shape index (κ1) is 21.5. The van der Waals surface area contributed by atoms with Crippen LogP contribution in [0.15, 0.2) is 55.1 Å². The summed E-state index contributed by atoms with van der Waals surface area (Å²) in [5.41, 5.74) is 17.4. The topological polar surface area (TPSA) is 90.4 Å². The van der Waals surface area contributed by atoms with Crippen molar-refractivity contribution < 1.29 is 18.3 Å². The number of nitrogens with one attached hydrogen (secondary N) is 1. The Morgan fingerprint density at radius 2 is 1.52 bits per heavy atom. The van der Waals surface area contributed by atoms with Crippen molar-refractivity contribution >= 4 is 11.5 Å². The number of hydrogen-bond acceptors (Lipinski definition) is 4. The quantitative estimate of drug-likeness (QED) is 0.507. The number of benzene rings is 3. The predicted molar refractivity (Wildman–Crippen MR) is 121 cm³/mol. The Labute approximate surface area is 190 Å². The van der Waals surface area contributed by atoms with E-state index in [2.05, 4.69) is 24.0 Å². The van der Waals surface area contributed by atoms with Crippen LogP contribution < -0.4 is 16.8 Å². The molecule has 0 saturated heterocycles. The van der Waals surface area contributed by atoms with Crippen LogP contribution in [0.4, 0.5) is 8.78 Å². The van der Waals surface area contributed by atoms with Crippen molar-refractivity contribution in [3.8, 4) is 0 Å². The van der Waals surface area contributed by atoms with Gasteiger partial charge in [0.25, 0.3) is 5.91 Å². The van der Waals surface area contributed by atoms with E-state index in [-0.39, 0.29) is 29.9 Å². The molecule has 0 saturated carbocycles. The van der Waals surface area contributed by atoms with Crippen LogP contribution >= 0.6 is 0 Å². The number of rotatable bonds is 5. The first-order chi connectivity index (χ1) is 15.7. The molecule has 5 rings (SSSR count). The Morgan fingerprint density at radius 3 is 2.09 bits per heavy atom. The molecule has 3 aromatic rings. The zero-order chi connectivity index (χ0) is 23.4. The SMILES string of the molecule is C=C(C)c1ccc2c(c1)[C@H]1O[C@@H]2c2ccc(C(=O)NCc3c(F)cc(C(N)N)cc3F)cc21. The van der Waals surface area contributed by atoms with Gasteiger partial charge >= 0.3 is 0 Å². The van der Waals surface area contributed by atoms with Crippen molar-refractivity contribution in [2.75, 3.05) is 0 Å². The second-order valence-electron chi connectivity index (χ2n) is 8.54. The standard InChI is InChI=1S/C26H23F2N3O2/c1-12(2)13-3-5-16-18(7-13)24-19-8-14(4-6-17(19)23(16)33-24)26(32)31-11-20-21(27)9-15(25(29)30)10-22(20)28/h3-10,23-25H,1,11,29-30H2,2H3,(H,31,32)/t23-,24+/m0/s1. The van der Waals surface area contributed by atoms with Crippen LogP contribution in [0.2, 0.25) is 0 Å². The molecule has 7 heteroatoms. The number of fused-ring (bicyclic) bond motifs is 8. The van der Waals surface area contributed by atoms with E-state index in [1.807, 2.05) is 19.1 Å². The zero-order valence-corrected chi connectivity index (χ0v) is 18.0. The third-order valence-electron chi connectivity index (χ3n) is 6.30. The van der Waals surface area contributed by atoms with E-state index in [9.17, 15) is 13.6 Å². The summed E-state index contributed by atoms with van der Waals surface area (Å²) >= 11 is 0. The molecule has 2 aliphatic heterocycles. The molecular weight excluding hydrogens is 424 g/mol. The third kappa shape index (κ3) is 3.54. The maximum atomic E-state index is 14.3. The smallest absolute Gasteiger partial charge is 0.251 e. The van der Waals surface area contributed by atoms with Gasteiger partial charge in [-0.1, -0.05) is 30.4 Å². The van der Waals surface area contributed by atoms with E-state index < -0.39 is 23.7 Å². The lowest BCUT2D eigenvalue weighted by Gasteiger charge is -2.18. The van der Waals surface area contributed by atoms with Gasteiger partial charge < -0.3 is 21.5 Å². The number of ether oxygens (including phenoxy) is 1. The zero-order valence-electron chi connectivity index (χ0n) is 18.0. The van der Waals surface area contributed by atoms with Crippen molar-refractivity contribution in [1.29, 1.82) is 0 Å². The lowest BCUT2D eigenvalue weighted by Crippen LogP contribution is -2.25. The maximum Gasteiger partial charge on any atom is 0.251 e. The van der Waals surface area contributed by atoms with E-state index in [0.717, 1.165) is 45.5 Å². The minimum atomic E-state index is -0.988. The van der Waals surface area contributed by atoms with Gasteiger partial charge in [0.2, 0.25) is 0 Å². The first-order valence-electron chi connectivity index (χ1n) is 10.6. The summed E-state index contributed by atoms with van der Waals surface area (Å²) in [6.45, 7) is 5.66. The molecule has 33 heavy (non-hydrogen) atoms. The fourth-order valence-corrected chi connectivity index (χ4v) is 4.51. The Kier molecular flexibility index (Phi) is 5.12. The van der Waals surface area contributed by atoms with Crippen LogP contribution in [-0.2, 0) is 11.3 Å².